The molecule has 35 heavy (non-hydrogen) atoms. The first kappa shape index (κ1) is 23.4. The number of benzene rings is 3. The van der Waals surface area contributed by atoms with Gasteiger partial charge >= 0.3 is 17.8 Å². The number of carbonyl (C=O) groups excluding carboxylic acids is 4. The van der Waals surface area contributed by atoms with Crippen LogP contribution in [0.1, 0.15) is 11.1 Å². The van der Waals surface area contributed by atoms with Gasteiger partial charge in [-0.3, -0.25) is 24.6 Å². The van der Waals surface area contributed by atoms with Crippen LogP contribution in [0.25, 0.3) is 0 Å². The Labute approximate surface area is 199 Å². The van der Waals surface area contributed by atoms with Gasteiger partial charge in [0.05, 0.1) is 20.1 Å². The molecule has 0 aromatic heterocycles. The fraction of sp³-hybridized carbons (Fsp3) is 0.120. The summed E-state index contributed by atoms with van der Waals surface area (Å²) in [5.74, 6) is -1.13. The van der Waals surface area contributed by atoms with E-state index in [1.807, 2.05) is 5.32 Å². The second-order valence-electron chi connectivity index (χ2n) is 7.60. The molecule has 2 N–H and O–H groups in total. The van der Waals surface area contributed by atoms with Crippen LogP contribution in [0, 0.1) is 5.82 Å². The molecule has 0 bridgehead atoms. The van der Waals surface area contributed by atoms with Crippen LogP contribution in [0.3, 0.4) is 0 Å². The van der Waals surface area contributed by atoms with Crippen LogP contribution in [0.4, 0.5) is 14.9 Å². The number of imide groups is 2. The van der Waals surface area contributed by atoms with Gasteiger partial charge in [-0.15, -0.1) is 0 Å². The van der Waals surface area contributed by atoms with E-state index in [0.29, 0.717) is 34.1 Å². The van der Waals surface area contributed by atoms with Gasteiger partial charge in [-0.2, -0.15) is 0 Å². The quantitative estimate of drug-likeness (QED) is 0.380. The molecule has 0 aliphatic carbocycles. The minimum atomic E-state index is -0.975. The van der Waals surface area contributed by atoms with Crippen LogP contribution in [-0.2, 0) is 27.3 Å². The molecule has 1 heterocycles. The smallest absolute Gasteiger partial charge is 0.331 e. The molecule has 0 radical (unpaired) electrons. The zero-order valence-electron chi connectivity index (χ0n) is 18.5. The fourth-order valence-electron chi connectivity index (χ4n) is 3.45. The van der Waals surface area contributed by atoms with Crippen molar-refractivity contribution in [3.63, 3.8) is 0 Å². The van der Waals surface area contributed by atoms with Crippen molar-refractivity contribution in [3.8, 4) is 17.2 Å². The van der Waals surface area contributed by atoms with Crippen molar-refractivity contribution in [1.82, 2.24) is 10.2 Å². The highest BCUT2D eigenvalue weighted by Gasteiger charge is 2.36. The molecule has 3 aromatic carbocycles. The number of urea groups is 1. The van der Waals surface area contributed by atoms with E-state index in [-0.39, 0.29) is 24.7 Å². The first-order valence-corrected chi connectivity index (χ1v) is 10.5. The van der Waals surface area contributed by atoms with Gasteiger partial charge < -0.3 is 14.8 Å². The Bertz CT molecular complexity index is 1290. The van der Waals surface area contributed by atoms with Crippen LogP contribution in [0.5, 0.6) is 17.2 Å². The summed E-state index contributed by atoms with van der Waals surface area (Å²) in [5.41, 5.74) is 1.63. The Morgan fingerprint density at radius 1 is 0.971 bits per heavy atom. The highest BCUT2D eigenvalue weighted by Crippen LogP contribution is 2.25. The van der Waals surface area contributed by atoms with E-state index in [1.165, 1.54) is 31.4 Å². The van der Waals surface area contributed by atoms with Crippen molar-refractivity contribution in [2.45, 2.75) is 13.0 Å². The second-order valence-corrected chi connectivity index (χ2v) is 7.60. The average Bonchev–Trinajstić information content (AvgIpc) is 3.08. The molecule has 10 heteroatoms. The molecule has 0 atom stereocenters. The molecule has 9 nitrogen and oxygen atoms in total. The van der Waals surface area contributed by atoms with Crippen molar-refractivity contribution in [2.75, 3.05) is 12.4 Å². The molecule has 1 saturated heterocycles. The third-order valence-electron chi connectivity index (χ3n) is 5.13. The molecular formula is C25H20FN3O6. The third-order valence-corrected chi connectivity index (χ3v) is 5.13. The summed E-state index contributed by atoms with van der Waals surface area (Å²) in [6, 6.07) is 16.4. The van der Waals surface area contributed by atoms with Crippen molar-refractivity contribution >= 4 is 29.4 Å². The predicted octanol–water partition coefficient (Wildman–Crippen LogP) is 3.39. The summed E-state index contributed by atoms with van der Waals surface area (Å²) in [5, 5.41) is 4.72. The van der Waals surface area contributed by atoms with E-state index in [1.54, 1.807) is 42.5 Å². The first-order valence-electron chi connectivity index (χ1n) is 10.5. The van der Waals surface area contributed by atoms with Gasteiger partial charge in [0.1, 0.15) is 23.1 Å². The number of hydrogen-bond acceptors (Lipinski definition) is 6. The van der Waals surface area contributed by atoms with Crippen LogP contribution >= 0.6 is 0 Å². The van der Waals surface area contributed by atoms with Crippen molar-refractivity contribution in [1.29, 1.82) is 0 Å². The topological polar surface area (TPSA) is 114 Å². The number of halogens is 1. The summed E-state index contributed by atoms with van der Waals surface area (Å²) < 4.78 is 24.0. The monoisotopic (exact) mass is 477 g/mol. The molecule has 4 rings (SSSR count). The Kier molecular flexibility index (Phi) is 6.72. The summed E-state index contributed by atoms with van der Waals surface area (Å²) >= 11 is 0. The molecule has 1 aliphatic rings. The maximum Gasteiger partial charge on any atom is 0.331 e. The normalized spacial score (nSPS) is 13.0. The number of ether oxygens (including phenoxy) is 2. The first-order chi connectivity index (χ1) is 16.8. The lowest BCUT2D eigenvalue weighted by atomic mass is 10.1. The maximum absolute atomic E-state index is 13.0. The minimum absolute atomic E-state index is 0.0378. The van der Waals surface area contributed by atoms with Crippen LogP contribution in [-0.4, -0.2) is 35.8 Å². The van der Waals surface area contributed by atoms with Gasteiger partial charge in [-0.25, -0.2) is 9.18 Å². The Hall–Kier alpha value is -4.73. The SMILES string of the molecule is COc1ccc(CN2C(=O)NC(=O)C2=O)cc1CC(=O)Nc1ccc(Oc2ccc(F)cc2)cc1. The highest BCUT2D eigenvalue weighted by atomic mass is 19.1. The number of hydrogen-bond donors (Lipinski definition) is 2. The van der Waals surface area contributed by atoms with Gasteiger partial charge in [0.15, 0.2) is 0 Å². The van der Waals surface area contributed by atoms with Gasteiger partial charge in [-0.1, -0.05) is 6.07 Å². The highest BCUT2D eigenvalue weighted by molar-refractivity contribution is 6.44. The van der Waals surface area contributed by atoms with Gasteiger partial charge in [0.25, 0.3) is 0 Å². The Morgan fingerprint density at radius 3 is 2.23 bits per heavy atom. The zero-order valence-corrected chi connectivity index (χ0v) is 18.5. The summed E-state index contributed by atoms with van der Waals surface area (Å²) in [4.78, 5) is 48.4. The predicted molar refractivity (Wildman–Crippen MR) is 122 cm³/mol. The average molecular weight is 477 g/mol. The summed E-state index contributed by atoms with van der Waals surface area (Å²) in [6.45, 7) is -0.120. The number of methoxy groups -OCH3 is 1. The summed E-state index contributed by atoms with van der Waals surface area (Å²) in [6.07, 6.45) is -0.0378. The van der Waals surface area contributed by atoms with E-state index in [0.717, 1.165) is 4.90 Å². The van der Waals surface area contributed by atoms with E-state index in [2.05, 4.69) is 5.32 Å². The number of nitrogens with one attached hydrogen (secondary N) is 2. The number of carbonyl (C=O) groups is 4. The molecule has 0 saturated carbocycles. The molecule has 178 valence electrons. The van der Waals surface area contributed by atoms with Crippen molar-refractivity contribution < 1.29 is 33.0 Å². The maximum atomic E-state index is 13.0. The van der Waals surface area contributed by atoms with Crippen molar-refractivity contribution in [3.05, 3.63) is 83.7 Å². The van der Waals surface area contributed by atoms with Crippen LogP contribution < -0.4 is 20.1 Å². The molecule has 0 unspecified atom stereocenters. The third kappa shape index (κ3) is 5.61. The van der Waals surface area contributed by atoms with Gasteiger partial charge in [0.2, 0.25) is 5.91 Å². The Morgan fingerprint density at radius 2 is 1.63 bits per heavy atom. The standard InChI is InChI=1S/C25H20FN3O6/c1-34-21-11-2-15(14-29-24(32)23(31)28-25(29)33)12-16(21)13-22(30)27-18-5-9-20(10-6-18)35-19-7-3-17(26)4-8-19/h2-12H,13-14H2,1H3,(H,27,30)(H,28,31,33). The van der Waals surface area contributed by atoms with E-state index in [9.17, 15) is 23.6 Å². The molecule has 0 spiro atoms. The fourth-order valence-corrected chi connectivity index (χ4v) is 3.45. The lowest BCUT2D eigenvalue weighted by Gasteiger charge is -2.14. The minimum Gasteiger partial charge on any atom is -0.496 e. The lowest BCUT2D eigenvalue weighted by Crippen LogP contribution is -2.30. The van der Waals surface area contributed by atoms with E-state index in [4.69, 9.17) is 9.47 Å². The van der Waals surface area contributed by atoms with Crippen molar-refractivity contribution in [2.24, 2.45) is 0 Å². The number of nitrogens with zero attached hydrogens (tertiary/aromatic N) is 1. The second kappa shape index (κ2) is 10.0. The number of amides is 5. The van der Waals surface area contributed by atoms with E-state index < -0.39 is 17.8 Å². The summed E-state index contributed by atoms with van der Waals surface area (Å²) in [7, 11) is 1.46. The molecule has 1 fully saturated rings. The molecule has 5 amide bonds. The van der Waals surface area contributed by atoms with Gasteiger partial charge in [-0.05, 0) is 66.2 Å². The molecule has 3 aromatic rings. The lowest BCUT2D eigenvalue weighted by molar-refractivity contribution is -0.140. The van der Waals surface area contributed by atoms with Gasteiger partial charge in [0, 0.05) is 11.3 Å². The van der Waals surface area contributed by atoms with E-state index >= 15 is 0 Å². The largest absolute Gasteiger partial charge is 0.496 e. The van der Waals surface area contributed by atoms with Crippen LogP contribution in [0.15, 0.2) is 66.7 Å². The number of anilines is 1. The van der Waals surface area contributed by atoms with Crippen LogP contribution in [0.2, 0.25) is 0 Å². The Balaban J connectivity index is 1.40. The number of rotatable bonds is 8. The molecular weight excluding hydrogens is 457 g/mol. The zero-order chi connectivity index (χ0) is 24.9. The molecule has 1 aliphatic heterocycles.